The zero-order chi connectivity index (χ0) is 11.0. The lowest BCUT2D eigenvalue weighted by Gasteiger charge is -2.14. The van der Waals surface area contributed by atoms with Gasteiger partial charge in [0.05, 0.1) is 15.9 Å². The molecule has 1 saturated carbocycles. The summed E-state index contributed by atoms with van der Waals surface area (Å²) in [6.45, 7) is 0. The van der Waals surface area contributed by atoms with Crippen LogP contribution >= 0.6 is 11.3 Å². The average molecular weight is 233 g/mol. The van der Waals surface area contributed by atoms with Gasteiger partial charge in [-0.05, 0) is 37.3 Å². The van der Waals surface area contributed by atoms with Gasteiger partial charge >= 0.3 is 0 Å². The van der Waals surface area contributed by atoms with Gasteiger partial charge in [-0.15, -0.1) is 11.3 Å². The molecule has 3 rings (SSSR count). The van der Waals surface area contributed by atoms with E-state index in [2.05, 4.69) is 33.8 Å². The summed E-state index contributed by atoms with van der Waals surface area (Å²) in [5, 5.41) is 5.51. The highest BCUT2D eigenvalue weighted by Gasteiger charge is 2.30. The van der Waals surface area contributed by atoms with Gasteiger partial charge in [0, 0.05) is 12.5 Å². The summed E-state index contributed by atoms with van der Waals surface area (Å²) in [6, 6.07) is 2.65. The molecule has 0 amide bonds. The van der Waals surface area contributed by atoms with E-state index in [0.29, 0.717) is 6.04 Å². The Morgan fingerprint density at radius 1 is 1.50 bits per heavy atom. The maximum absolute atomic E-state index is 4.44. The Hall–Kier alpha value is -1.000. The maximum atomic E-state index is 4.44. The molecule has 1 atom stereocenters. The van der Waals surface area contributed by atoms with Crippen molar-refractivity contribution in [2.45, 2.75) is 25.3 Å². The number of thiophene rings is 1. The van der Waals surface area contributed by atoms with Crippen LogP contribution in [0.25, 0.3) is 10.2 Å². The fraction of sp³-hybridized carbons (Fsp3) is 0.500. The molecule has 16 heavy (non-hydrogen) atoms. The van der Waals surface area contributed by atoms with Crippen LogP contribution in [0.2, 0.25) is 0 Å². The third-order valence-electron chi connectivity index (χ3n) is 3.29. The van der Waals surface area contributed by atoms with E-state index in [4.69, 9.17) is 0 Å². The smallest absolute Gasteiger partial charge is 0.116 e. The number of nitrogens with one attached hydrogen (secondary N) is 1. The second kappa shape index (κ2) is 4.11. The second-order valence-corrected chi connectivity index (χ2v) is 5.31. The summed E-state index contributed by atoms with van der Waals surface area (Å²) < 4.78 is 1.25. The van der Waals surface area contributed by atoms with Crippen LogP contribution in [0.15, 0.2) is 17.8 Å². The standard InChI is InChI=1S/C12H15N3S/c1-13-10(8-2-3-8)6-11-12-9(4-5-16-12)14-7-15-11/h4-5,7-8,10,13H,2-3,6H2,1H3. The van der Waals surface area contributed by atoms with Crippen LogP contribution in [-0.2, 0) is 6.42 Å². The average Bonchev–Trinajstić information content (AvgIpc) is 3.03. The van der Waals surface area contributed by atoms with E-state index in [0.717, 1.165) is 17.9 Å². The fourth-order valence-electron chi connectivity index (χ4n) is 2.20. The fourth-order valence-corrected chi connectivity index (χ4v) is 3.04. The van der Waals surface area contributed by atoms with Gasteiger partial charge in [-0.1, -0.05) is 0 Å². The molecule has 2 aromatic rings. The van der Waals surface area contributed by atoms with Crippen LogP contribution in [0.4, 0.5) is 0 Å². The number of aromatic nitrogens is 2. The number of rotatable bonds is 4. The molecule has 84 valence electrons. The van der Waals surface area contributed by atoms with Crippen molar-refractivity contribution in [3.05, 3.63) is 23.5 Å². The van der Waals surface area contributed by atoms with Gasteiger partial charge in [-0.25, -0.2) is 9.97 Å². The minimum atomic E-state index is 0.584. The lowest BCUT2D eigenvalue weighted by Crippen LogP contribution is -2.30. The minimum absolute atomic E-state index is 0.584. The van der Waals surface area contributed by atoms with E-state index in [-0.39, 0.29) is 0 Å². The summed E-state index contributed by atoms with van der Waals surface area (Å²) in [4.78, 5) is 8.71. The number of likely N-dealkylation sites (N-methyl/N-ethyl adjacent to an activating group) is 1. The summed E-state index contributed by atoms with van der Waals surface area (Å²) in [7, 11) is 2.05. The van der Waals surface area contributed by atoms with Gasteiger partial charge in [0.2, 0.25) is 0 Å². The largest absolute Gasteiger partial charge is 0.316 e. The van der Waals surface area contributed by atoms with Gasteiger partial charge < -0.3 is 5.32 Å². The first-order valence-corrected chi connectivity index (χ1v) is 6.61. The summed E-state index contributed by atoms with van der Waals surface area (Å²) in [5.74, 6) is 0.856. The van der Waals surface area contributed by atoms with Gasteiger partial charge in [0.25, 0.3) is 0 Å². The predicted octanol–water partition coefficient (Wildman–Crippen LogP) is 2.23. The van der Waals surface area contributed by atoms with E-state index in [9.17, 15) is 0 Å². The Morgan fingerprint density at radius 2 is 2.38 bits per heavy atom. The van der Waals surface area contributed by atoms with Gasteiger partial charge in [-0.3, -0.25) is 0 Å². The summed E-state index contributed by atoms with van der Waals surface area (Å²) in [6.07, 6.45) is 5.44. The molecule has 4 heteroatoms. The van der Waals surface area contributed by atoms with Crippen LogP contribution in [0.5, 0.6) is 0 Å². The van der Waals surface area contributed by atoms with Crippen LogP contribution in [-0.4, -0.2) is 23.1 Å². The van der Waals surface area contributed by atoms with Crippen LogP contribution < -0.4 is 5.32 Å². The number of nitrogens with zero attached hydrogens (tertiary/aromatic N) is 2. The van der Waals surface area contributed by atoms with Crippen molar-refractivity contribution < 1.29 is 0 Å². The molecule has 3 nitrogen and oxygen atoms in total. The molecule has 1 fully saturated rings. The Labute approximate surface area is 98.9 Å². The second-order valence-electron chi connectivity index (χ2n) is 4.39. The molecule has 1 aliphatic rings. The lowest BCUT2D eigenvalue weighted by atomic mass is 10.1. The van der Waals surface area contributed by atoms with Crippen LogP contribution in [0.1, 0.15) is 18.5 Å². The van der Waals surface area contributed by atoms with Crippen LogP contribution in [0, 0.1) is 5.92 Å². The van der Waals surface area contributed by atoms with E-state index in [1.165, 1.54) is 23.2 Å². The highest BCUT2D eigenvalue weighted by Crippen LogP contribution is 2.34. The van der Waals surface area contributed by atoms with E-state index < -0.39 is 0 Å². The number of hydrogen-bond donors (Lipinski definition) is 1. The molecule has 0 aliphatic heterocycles. The van der Waals surface area contributed by atoms with Gasteiger partial charge in [-0.2, -0.15) is 0 Å². The van der Waals surface area contributed by atoms with Gasteiger partial charge in [0.15, 0.2) is 0 Å². The topological polar surface area (TPSA) is 37.8 Å². The van der Waals surface area contributed by atoms with E-state index in [1.54, 1.807) is 17.7 Å². The predicted molar refractivity (Wildman–Crippen MR) is 66.7 cm³/mol. The van der Waals surface area contributed by atoms with Crippen molar-refractivity contribution in [1.82, 2.24) is 15.3 Å². The molecule has 0 bridgehead atoms. The SMILES string of the molecule is CNC(Cc1ncnc2ccsc12)C1CC1. The summed E-state index contributed by atoms with van der Waals surface area (Å²) in [5.41, 5.74) is 2.28. The third-order valence-corrected chi connectivity index (χ3v) is 4.24. The zero-order valence-corrected chi connectivity index (χ0v) is 10.1. The molecular weight excluding hydrogens is 218 g/mol. The van der Waals surface area contributed by atoms with Crippen molar-refractivity contribution in [2.24, 2.45) is 5.92 Å². The first-order valence-electron chi connectivity index (χ1n) is 5.73. The lowest BCUT2D eigenvalue weighted by molar-refractivity contribution is 0.497. The third kappa shape index (κ3) is 1.83. The molecule has 0 saturated heterocycles. The quantitative estimate of drug-likeness (QED) is 0.880. The number of hydrogen-bond acceptors (Lipinski definition) is 4. The van der Waals surface area contributed by atoms with Crippen molar-refractivity contribution in [3.63, 3.8) is 0 Å². The molecular formula is C12H15N3S. The Kier molecular flexibility index (Phi) is 2.61. The van der Waals surface area contributed by atoms with E-state index in [1.807, 2.05) is 0 Å². The first kappa shape index (κ1) is 10.2. The molecule has 2 aromatic heterocycles. The molecule has 2 heterocycles. The Balaban J connectivity index is 1.89. The van der Waals surface area contributed by atoms with Crippen molar-refractivity contribution in [2.75, 3.05) is 7.05 Å². The van der Waals surface area contributed by atoms with Crippen molar-refractivity contribution in [3.8, 4) is 0 Å². The summed E-state index contributed by atoms with van der Waals surface area (Å²) >= 11 is 1.75. The Bertz CT molecular complexity index is 490. The molecule has 0 spiro atoms. The zero-order valence-electron chi connectivity index (χ0n) is 9.31. The number of fused-ring (bicyclic) bond motifs is 1. The molecule has 1 N–H and O–H groups in total. The Morgan fingerprint density at radius 3 is 3.12 bits per heavy atom. The molecule has 1 aliphatic carbocycles. The van der Waals surface area contributed by atoms with E-state index >= 15 is 0 Å². The molecule has 0 aromatic carbocycles. The highest BCUT2D eigenvalue weighted by molar-refractivity contribution is 7.17. The monoisotopic (exact) mass is 233 g/mol. The first-order chi connectivity index (χ1) is 7.88. The molecule has 1 unspecified atom stereocenters. The highest BCUT2D eigenvalue weighted by atomic mass is 32.1. The van der Waals surface area contributed by atoms with Gasteiger partial charge in [0.1, 0.15) is 6.33 Å². The normalized spacial score (nSPS) is 17.8. The van der Waals surface area contributed by atoms with Crippen molar-refractivity contribution >= 4 is 21.6 Å². The minimum Gasteiger partial charge on any atom is -0.316 e. The van der Waals surface area contributed by atoms with Crippen LogP contribution in [0.3, 0.4) is 0 Å². The molecule has 0 radical (unpaired) electrons. The van der Waals surface area contributed by atoms with Crippen molar-refractivity contribution in [1.29, 1.82) is 0 Å². The maximum Gasteiger partial charge on any atom is 0.116 e.